The van der Waals surface area contributed by atoms with E-state index >= 15 is 0 Å². The molecule has 1 aliphatic carbocycles. The second-order valence-corrected chi connectivity index (χ2v) is 6.55. The van der Waals surface area contributed by atoms with E-state index in [-0.39, 0.29) is 6.61 Å². The molecule has 0 aromatic heterocycles. The summed E-state index contributed by atoms with van der Waals surface area (Å²) in [5, 5.41) is 0. The van der Waals surface area contributed by atoms with E-state index in [1.165, 1.54) is 31.3 Å². The number of ether oxygens (including phenoxy) is 1. The van der Waals surface area contributed by atoms with Crippen molar-refractivity contribution >= 4 is 0 Å². The fraction of sp³-hybridized carbons (Fsp3) is 0.429. The van der Waals surface area contributed by atoms with Gasteiger partial charge < -0.3 is 16.2 Å². The molecule has 4 N–H and O–H groups in total. The van der Waals surface area contributed by atoms with E-state index in [4.69, 9.17) is 16.2 Å². The monoisotopic (exact) mass is 328 g/mol. The second-order valence-electron chi connectivity index (χ2n) is 6.55. The van der Waals surface area contributed by atoms with Crippen LogP contribution in [0.3, 0.4) is 0 Å². The number of rotatable bonds is 8. The van der Waals surface area contributed by atoms with Crippen LogP contribution >= 0.6 is 0 Å². The lowest BCUT2D eigenvalue weighted by atomic mass is 9.79. The van der Waals surface area contributed by atoms with Gasteiger partial charge in [0.1, 0.15) is 12.4 Å². The van der Waals surface area contributed by atoms with Crippen molar-refractivity contribution in [1.82, 2.24) is 0 Å². The number of allylic oxidation sites excluding steroid dienone is 7. The van der Waals surface area contributed by atoms with Crippen molar-refractivity contribution in [3.05, 3.63) is 72.3 Å². The third-order valence-electron chi connectivity index (χ3n) is 4.44. The predicted molar refractivity (Wildman–Crippen MR) is 104 cm³/mol. The first kappa shape index (κ1) is 19.9. The fourth-order valence-corrected chi connectivity index (χ4v) is 2.85. The Labute approximate surface area is 147 Å². The van der Waals surface area contributed by atoms with Crippen molar-refractivity contribution in [2.45, 2.75) is 39.5 Å². The summed E-state index contributed by atoms with van der Waals surface area (Å²) < 4.78 is 5.68. The smallest absolute Gasteiger partial charge is 0.128 e. The van der Waals surface area contributed by atoms with Crippen molar-refractivity contribution in [3.8, 4) is 0 Å². The molecule has 1 saturated carbocycles. The lowest BCUT2D eigenvalue weighted by Gasteiger charge is -2.26. The molecule has 132 valence electrons. The van der Waals surface area contributed by atoms with Crippen molar-refractivity contribution in [2.75, 3.05) is 6.61 Å². The molecular formula is C21H32N2O. The fourth-order valence-electron chi connectivity index (χ4n) is 2.85. The van der Waals surface area contributed by atoms with Gasteiger partial charge in [-0.05, 0) is 55.9 Å². The van der Waals surface area contributed by atoms with Crippen LogP contribution in [0.2, 0.25) is 0 Å². The molecule has 0 saturated heterocycles. The molecule has 1 rings (SSSR count). The normalized spacial score (nSPS) is 23.8. The van der Waals surface area contributed by atoms with Crippen LogP contribution < -0.4 is 11.5 Å². The number of nitrogens with two attached hydrogens (primary N) is 2. The molecule has 0 heterocycles. The molecular weight excluding hydrogens is 296 g/mol. The summed E-state index contributed by atoms with van der Waals surface area (Å²) in [5.74, 6) is 2.27. The molecule has 0 atom stereocenters. The van der Waals surface area contributed by atoms with Gasteiger partial charge in [-0.3, -0.25) is 0 Å². The van der Waals surface area contributed by atoms with Crippen LogP contribution in [0, 0.1) is 11.8 Å². The van der Waals surface area contributed by atoms with E-state index in [0.29, 0.717) is 23.1 Å². The SMILES string of the molecule is C=C/C=C(N)\C=C(\N)CO/C(C=C)=C/C=C(\C)C1CCC(C)CC1. The Balaban J connectivity index is 2.60. The van der Waals surface area contributed by atoms with Gasteiger partial charge in [0.15, 0.2) is 0 Å². The van der Waals surface area contributed by atoms with E-state index < -0.39 is 0 Å². The van der Waals surface area contributed by atoms with E-state index in [1.807, 2.05) is 6.08 Å². The Kier molecular flexibility index (Phi) is 8.77. The van der Waals surface area contributed by atoms with Crippen molar-refractivity contribution in [2.24, 2.45) is 23.3 Å². The van der Waals surface area contributed by atoms with E-state index in [1.54, 1.807) is 24.3 Å². The van der Waals surface area contributed by atoms with Crippen molar-refractivity contribution < 1.29 is 4.74 Å². The highest BCUT2D eigenvalue weighted by atomic mass is 16.5. The first-order valence-corrected chi connectivity index (χ1v) is 8.64. The average molecular weight is 329 g/mol. The van der Waals surface area contributed by atoms with E-state index in [0.717, 1.165) is 5.92 Å². The summed E-state index contributed by atoms with van der Waals surface area (Å²) in [6, 6.07) is 0. The molecule has 0 aromatic rings. The highest BCUT2D eigenvalue weighted by molar-refractivity contribution is 5.24. The van der Waals surface area contributed by atoms with Crippen LogP contribution in [0.4, 0.5) is 0 Å². The molecule has 24 heavy (non-hydrogen) atoms. The quantitative estimate of drug-likeness (QED) is 0.501. The van der Waals surface area contributed by atoms with Gasteiger partial charge in [-0.25, -0.2) is 0 Å². The van der Waals surface area contributed by atoms with Crippen LogP contribution in [0.15, 0.2) is 72.3 Å². The van der Waals surface area contributed by atoms with Crippen molar-refractivity contribution in [1.29, 1.82) is 0 Å². The Morgan fingerprint density at radius 2 is 1.75 bits per heavy atom. The zero-order valence-electron chi connectivity index (χ0n) is 15.1. The lowest BCUT2D eigenvalue weighted by Crippen LogP contribution is -2.13. The zero-order valence-corrected chi connectivity index (χ0v) is 15.1. The third-order valence-corrected chi connectivity index (χ3v) is 4.44. The second kappa shape index (κ2) is 10.6. The van der Waals surface area contributed by atoms with Crippen LogP contribution in [0.25, 0.3) is 0 Å². The van der Waals surface area contributed by atoms with Crippen molar-refractivity contribution in [3.63, 3.8) is 0 Å². The first-order chi connectivity index (χ1) is 11.5. The maximum atomic E-state index is 5.90. The van der Waals surface area contributed by atoms with E-state index in [9.17, 15) is 0 Å². The number of hydrogen-bond donors (Lipinski definition) is 2. The minimum absolute atomic E-state index is 0.275. The maximum absolute atomic E-state index is 5.90. The molecule has 0 bridgehead atoms. The average Bonchev–Trinajstić information content (AvgIpc) is 2.55. The summed E-state index contributed by atoms with van der Waals surface area (Å²) in [4.78, 5) is 0. The molecule has 1 fully saturated rings. The van der Waals surface area contributed by atoms with Crippen LogP contribution in [-0.2, 0) is 4.74 Å². The highest BCUT2D eigenvalue weighted by Gasteiger charge is 2.18. The van der Waals surface area contributed by atoms with Crippen LogP contribution in [0.1, 0.15) is 39.5 Å². The Morgan fingerprint density at radius 1 is 1.08 bits per heavy atom. The standard InChI is InChI=1S/C21H32N2O/c1-5-7-19(22)14-20(23)15-24-21(6-2)13-10-17(4)18-11-8-16(3)9-12-18/h5-7,10,13-14,16,18H,1-2,8-9,11-12,15,22-23H2,3-4H3/b17-10+,19-7+,20-14+,21-13+. The molecule has 3 heteroatoms. The summed E-state index contributed by atoms with van der Waals surface area (Å²) in [6.07, 6.45) is 16.0. The molecule has 0 amide bonds. The van der Waals surface area contributed by atoms with Gasteiger partial charge in [-0.1, -0.05) is 50.6 Å². The minimum atomic E-state index is 0.275. The van der Waals surface area contributed by atoms with Gasteiger partial charge >= 0.3 is 0 Å². The Bertz CT molecular complexity index is 544. The summed E-state index contributed by atoms with van der Waals surface area (Å²) in [5.41, 5.74) is 14.2. The minimum Gasteiger partial charge on any atom is -0.487 e. The zero-order chi connectivity index (χ0) is 17.9. The maximum Gasteiger partial charge on any atom is 0.128 e. The summed E-state index contributed by atoms with van der Waals surface area (Å²) in [7, 11) is 0. The number of hydrogen-bond acceptors (Lipinski definition) is 3. The van der Waals surface area contributed by atoms with Crippen LogP contribution in [0.5, 0.6) is 0 Å². The van der Waals surface area contributed by atoms with E-state index in [2.05, 4.69) is 33.1 Å². The molecule has 0 radical (unpaired) electrons. The highest BCUT2D eigenvalue weighted by Crippen LogP contribution is 2.32. The Hall–Kier alpha value is -2.16. The van der Waals surface area contributed by atoms with Gasteiger partial charge in [0.2, 0.25) is 0 Å². The Morgan fingerprint density at radius 3 is 2.33 bits per heavy atom. The summed E-state index contributed by atoms with van der Waals surface area (Å²) in [6.45, 7) is 12.2. The largest absolute Gasteiger partial charge is 0.487 e. The van der Waals surface area contributed by atoms with Gasteiger partial charge in [0.05, 0.1) is 0 Å². The molecule has 3 nitrogen and oxygen atoms in total. The first-order valence-electron chi connectivity index (χ1n) is 8.64. The molecule has 0 aromatic carbocycles. The third kappa shape index (κ3) is 7.40. The predicted octanol–water partition coefficient (Wildman–Crippen LogP) is 4.72. The summed E-state index contributed by atoms with van der Waals surface area (Å²) >= 11 is 0. The van der Waals surface area contributed by atoms with Gasteiger partial charge in [0, 0.05) is 11.4 Å². The van der Waals surface area contributed by atoms with Gasteiger partial charge in [-0.15, -0.1) is 0 Å². The van der Waals surface area contributed by atoms with Crippen LogP contribution in [-0.4, -0.2) is 6.61 Å². The molecule has 0 unspecified atom stereocenters. The topological polar surface area (TPSA) is 61.3 Å². The molecule has 0 aliphatic heterocycles. The molecule has 0 spiro atoms. The lowest BCUT2D eigenvalue weighted by molar-refractivity contribution is 0.252. The van der Waals surface area contributed by atoms with Gasteiger partial charge in [0.25, 0.3) is 0 Å². The van der Waals surface area contributed by atoms with Gasteiger partial charge in [-0.2, -0.15) is 0 Å². The molecule has 1 aliphatic rings.